The van der Waals surface area contributed by atoms with Crippen molar-refractivity contribution in [2.24, 2.45) is 5.41 Å². The lowest BCUT2D eigenvalue weighted by Crippen LogP contribution is -2.39. The largest absolute Gasteiger partial charge is 0.347 e. The molecule has 80 valence electrons. The number of nitrogens with one attached hydrogen (secondary N) is 2. The highest BCUT2D eigenvalue weighted by Crippen LogP contribution is 2.21. The molecule has 0 aliphatic rings. The van der Waals surface area contributed by atoms with Crippen molar-refractivity contribution < 1.29 is 0 Å². The standard InChI is InChI=1S/C11H21N3/c1-5-10(11(2,3)4)13-7-9-6-12-8-14-9/h6,8,10,13H,5,7H2,1-4H3,(H,12,14)/t10-/m0/s1. The summed E-state index contributed by atoms with van der Waals surface area (Å²) in [6, 6.07) is 0.547. The Hall–Kier alpha value is -0.830. The smallest absolute Gasteiger partial charge is 0.0922 e. The van der Waals surface area contributed by atoms with Crippen LogP contribution >= 0.6 is 0 Å². The van der Waals surface area contributed by atoms with Gasteiger partial charge in [-0.2, -0.15) is 0 Å². The van der Waals surface area contributed by atoms with Crippen LogP contribution in [-0.4, -0.2) is 16.0 Å². The third-order valence-corrected chi connectivity index (χ3v) is 2.55. The third kappa shape index (κ3) is 3.14. The summed E-state index contributed by atoms with van der Waals surface area (Å²) in [6.07, 6.45) is 4.73. The minimum atomic E-state index is 0.314. The van der Waals surface area contributed by atoms with Gasteiger partial charge in [-0.15, -0.1) is 0 Å². The normalized spacial score (nSPS) is 14.3. The van der Waals surface area contributed by atoms with Crippen LogP contribution in [-0.2, 0) is 6.54 Å². The highest BCUT2D eigenvalue weighted by Gasteiger charge is 2.21. The fourth-order valence-corrected chi connectivity index (χ4v) is 1.68. The number of aromatic amines is 1. The van der Waals surface area contributed by atoms with E-state index < -0.39 is 0 Å². The molecule has 0 radical (unpaired) electrons. The van der Waals surface area contributed by atoms with Gasteiger partial charge in [0.05, 0.1) is 6.33 Å². The van der Waals surface area contributed by atoms with Gasteiger partial charge in [0.2, 0.25) is 0 Å². The van der Waals surface area contributed by atoms with Gasteiger partial charge >= 0.3 is 0 Å². The second-order valence-corrected chi connectivity index (χ2v) is 4.78. The first-order chi connectivity index (χ1) is 6.54. The van der Waals surface area contributed by atoms with Gasteiger partial charge < -0.3 is 10.3 Å². The van der Waals surface area contributed by atoms with Gasteiger partial charge in [0.1, 0.15) is 0 Å². The van der Waals surface area contributed by atoms with E-state index in [2.05, 4.69) is 43.0 Å². The number of nitrogens with zero attached hydrogens (tertiary/aromatic N) is 1. The fourth-order valence-electron chi connectivity index (χ4n) is 1.68. The zero-order valence-electron chi connectivity index (χ0n) is 9.59. The molecule has 0 aliphatic carbocycles. The molecule has 0 bridgehead atoms. The Morgan fingerprint density at radius 1 is 1.50 bits per heavy atom. The minimum absolute atomic E-state index is 0.314. The number of rotatable bonds is 4. The SMILES string of the molecule is CC[C@H](NCc1cnc[nH]1)C(C)(C)C. The van der Waals surface area contributed by atoms with Crippen LogP contribution in [0.3, 0.4) is 0 Å². The lowest BCUT2D eigenvalue weighted by Gasteiger charge is -2.30. The van der Waals surface area contributed by atoms with E-state index in [1.165, 1.54) is 0 Å². The van der Waals surface area contributed by atoms with Gasteiger partial charge in [0.15, 0.2) is 0 Å². The fraction of sp³-hybridized carbons (Fsp3) is 0.727. The molecule has 1 aromatic rings. The minimum Gasteiger partial charge on any atom is -0.347 e. The number of hydrogen-bond donors (Lipinski definition) is 2. The maximum absolute atomic E-state index is 3.99. The molecule has 3 heteroatoms. The topological polar surface area (TPSA) is 40.7 Å². The summed E-state index contributed by atoms with van der Waals surface area (Å²) in [4.78, 5) is 7.09. The average molecular weight is 195 g/mol. The Morgan fingerprint density at radius 2 is 2.21 bits per heavy atom. The molecule has 3 nitrogen and oxygen atoms in total. The molecule has 0 amide bonds. The first kappa shape index (κ1) is 11.2. The van der Waals surface area contributed by atoms with E-state index in [-0.39, 0.29) is 0 Å². The second-order valence-electron chi connectivity index (χ2n) is 4.78. The summed E-state index contributed by atoms with van der Waals surface area (Å²) in [5, 5.41) is 3.54. The third-order valence-electron chi connectivity index (χ3n) is 2.55. The van der Waals surface area contributed by atoms with Crippen molar-refractivity contribution in [2.75, 3.05) is 0 Å². The molecule has 0 fully saturated rings. The van der Waals surface area contributed by atoms with E-state index >= 15 is 0 Å². The van der Waals surface area contributed by atoms with Crippen LogP contribution in [0.4, 0.5) is 0 Å². The number of imidazole rings is 1. The van der Waals surface area contributed by atoms with E-state index in [0.717, 1.165) is 18.7 Å². The molecule has 0 aliphatic heterocycles. The lowest BCUT2D eigenvalue weighted by molar-refractivity contribution is 0.259. The monoisotopic (exact) mass is 195 g/mol. The summed E-state index contributed by atoms with van der Waals surface area (Å²) in [6.45, 7) is 9.88. The highest BCUT2D eigenvalue weighted by molar-refractivity contribution is 4.94. The highest BCUT2D eigenvalue weighted by atomic mass is 15.0. The summed E-state index contributed by atoms with van der Waals surface area (Å²) < 4.78 is 0. The molecular weight excluding hydrogens is 174 g/mol. The molecule has 1 heterocycles. The van der Waals surface area contributed by atoms with Crippen LogP contribution in [0.5, 0.6) is 0 Å². The molecule has 0 aromatic carbocycles. The first-order valence-corrected chi connectivity index (χ1v) is 5.24. The summed E-state index contributed by atoms with van der Waals surface area (Å²) in [5.41, 5.74) is 1.46. The molecule has 0 unspecified atom stereocenters. The lowest BCUT2D eigenvalue weighted by atomic mass is 9.85. The molecule has 2 N–H and O–H groups in total. The van der Waals surface area contributed by atoms with E-state index in [1.54, 1.807) is 6.33 Å². The molecule has 1 rings (SSSR count). The quantitative estimate of drug-likeness (QED) is 0.774. The van der Waals surface area contributed by atoms with Crippen LogP contribution in [0.25, 0.3) is 0 Å². The Bertz CT molecular complexity index is 246. The molecule has 1 atom stereocenters. The number of H-pyrrole nitrogens is 1. The zero-order chi connectivity index (χ0) is 10.6. The molecule has 0 saturated heterocycles. The van der Waals surface area contributed by atoms with Crippen molar-refractivity contribution in [1.82, 2.24) is 15.3 Å². The van der Waals surface area contributed by atoms with Crippen molar-refractivity contribution >= 4 is 0 Å². The van der Waals surface area contributed by atoms with Crippen molar-refractivity contribution in [2.45, 2.75) is 46.7 Å². The van der Waals surface area contributed by atoms with Crippen LogP contribution in [0.1, 0.15) is 39.8 Å². The van der Waals surface area contributed by atoms with Crippen molar-refractivity contribution in [3.8, 4) is 0 Å². The number of aromatic nitrogens is 2. The van der Waals surface area contributed by atoms with E-state index in [9.17, 15) is 0 Å². The maximum Gasteiger partial charge on any atom is 0.0922 e. The summed E-state index contributed by atoms with van der Waals surface area (Å²) in [7, 11) is 0. The second kappa shape index (κ2) is 4.60. The van der Waals surface area contributed by atoms with E-state index in [1.807, 2.05) is 6.20 Å². The Morgan fingerprint density at radius 3 is 2.64 bits per heavy atom. The Balaban J connectivity index is 2.43. The van der Waals surface area contributed by atoms with Crippen molar-refractivity contribution in [3.63, 3.8) is 0 Å². The molecule has 0 saturated carbocycles. The van der Waals surface area contributed by atoms with Gasteiger partial charge in [-0.05, 0) is 11.8 Å². The van der Waals surface area contributed by atoms with Crippen LogP contribution < -0.4 is 5.32 Å². The van der Waals surface area contributed by atoms with Crippen LogP contribution in [0.2, 0.25) is 0 Å². The molecule has 0 spiro atoms. The van der Waals surface area contributed by atoms with E-state index in [0.29, 0.717) is 11.5 Å². The predicted molar refractivity (Wildman–Crippen MR) is 59.0 cm³/mol. The zero-order valence-corrected chi connectivity index (χ0v) is 9.59. The van der Waals surface area contributed by atoms with Crippen molar-refractivity contribution in [1.29, 1.82) is 0 Å². The van der Waals surface area contributed by atoms with Crippen LogP contribution in [0, 0.1) is 5.41 Å². The summed E-state index contributed by atoms with van der Waals surface area (Å²) in [5.74, 6) is 0. The van der Waals surface area contributed by atoms with Gasteiger partial charge in [-0.25, -0.2) is 4.98 Å². The summed E-state index contributed by atoms with van der Waals surface area (Å²) >= 11 is 0. The van der Waals surface area contributed by atoms with Gasteiger partial charge in [-0.1, -0.05) is 27.7 Å². The maximum atomic E-state index is 3.99. The Labute approximate surface area is 86.3 Å². The number of hydrogen-bond acceptors (Lipinski definition) is 2. The van der Waals surface area contributed by atoms with E-state index in [4.69, 9.17) is 0 Å². The van der Waals surface area contributed by atoms with Gasteiger partial charge in [0.25, 0.3) is 0 Å². The van der Waals surface area contributed by atoms with Gasteiger partial charge in [0, 0.05) is 24.5 Å². The predicted octanol–water partition coefficient (Wildman–Crippen LogP) is 2.32. The van der Waals surface area contributed by atoms with Crippen LogP contribution in [0.15, 0.2) is 12.5 Å². The Kier molecular flexibility index (Phi) is 3.69. The molecule has 14 heavy (non-hydrogen) atoms. The van der Waals surface area contributed by atoms with Gasteiger partial charge in [-0.3, -0.25) is 0 Å². The average Bonchev–Trinajstić information content (AvgIpc) is 2.55. The first-order valence-electron chi connectivity index (χ1n) is 5.24. The molecular formula is C11H21N3. The van der Waals surface area contributed by atoms with Crippen molar-refractivity contribution in [3.05, 3.63) is 18.2 Å². The molecule has 1 aromatic heterocycles.